The van der Waals surface area contributed by atoms with Gasteiger partial charge in [0.1, 0.15) is 11.5 Å². The van der Waals surface area contributed by atoms with E-state index in [9.17, 15) is 9.90 Å². The zero-order valence-electron chi connectivity index (χ0n) is 8.36. The van der Waals surface area contributed by atoms with Gasteiger partial charge in [-0.1, -0.05) is 18.2 Å². The fraction of sp³-hybridized carbons (Fsp3) is 0.364. The Morgan fingerprint density at radius 3 is 2.71 bits per heavy atom. The second-order valence-electron chi connectivity index (χ2n) is 3.16. The maximum atomic E-state index is 10.8. The van der Waals surface area contributed by atoms with E-state index < -0.39 is 6.10 Å². The van der Waals surface area contributed by atoms with Crippen LogP contribution >= 0.6 is 0 Å². The van der Waals surface area contributed by atoms with Crippen molar-refractivity contribution in [2.75, 3.05) is 7.11 Å². The molecule has 3 nitrogen and oxygen atoms in total. The minimum absolute atomic E-state index is 0.0385. The Bertz CT molecular complexity index is 320. The Morgan fingerprint density at radius 1 is 1.50 bits per heavy atom. The zero-order chi connectivity index (χ0) is 10.6. The van der Waals surface area contributed by atoms with Crippen LogP contribution in [0.25, 0.3) is 0 Å². The van der Waals surface area contributed by atoms with Gasteiger partial charge in [0, 0.05) is 12.0 Å². The molecule has 1 N–H and O–H groups in total. The molecule has 0 aliphatic heterocycles. The first-order valence-corrected chi connectivity index (χ1v) is 4.45. The van der Waals surface area contributed by atoms with E-state index in [1.54, 1.807) is 25.3 Å². The highest BCUT2D eigenvalue weighted by Gasteiger charge is 2.13. The first-order valence-electron chi connectivity index (χ1n) is 4.45. The molecule has 3 heteroatoms. The third kappa shape index (κ3) is 2.57. The zero-order valence-corrected chi connectivity index (χ0v) is 8.36. The molecule has 0 radical (unpaired) electrons. The van der Waals surface area contributed by atoms with Gasteiger partial charge in [-0.3, -0.25) is 4.79 Å². The maximum absolute atomic E-state index is 10.8. The summed E-state index contributed by atoms with van der Waals surface area (Å²) >= 11 is 0. The second-order valence-corrected chi connectivity index (χ2v) is 3.16. The lowest BCUT2D eigenvalue weighted by Crippen LogP contribution is -2.04. The van der Waals surface area contributed by atoms with Crippen LogP contribution in [-0.2, 0) is 4.79 Å². The fourth-order valence-electron chi connectivity index (χ4n) is 1.32. The molecular weight excluding hydrogens is 180 g/mol. The van der Waals surface area contributed by atoms with Crippen molar-refractivity contribution in [1.82, 2.24) is 0 Å². The van der Waals surface area contributed by atoms with Crippen molar-refractivity contribution in [3.63, 3.8) is 0 Å². The van der Waals surface area contributed by atoms with E-state index in [1.165, 1.54) is 6.92 Å². The molecule has 0 bridgehead atoms. The molecule has 1 unspecified atom stereocenters. The van der Waals surface area contributed by atoms with Crippen molar-refractivity contribution in [1.29, 1.82) is 0 Å². The Labute approximate surface area is 83.3 Å². The SMILES string of the molecule is COc1ccccc1C(O)CC(C)=O. The Balaban J connectivity index is 2.87. The number of aliphatic hydroxyl groups excluding tert-OH is 1. The summed E-state index contributed by atoms with van der Waals surface area (Å²) in [6, 6.07) is 7.15. The summed E-state index contributed by atoms with van der Waals surface area (Å²) in [5, 5.41) is 9.70. The molecule has 1 aromatic carbocycles. The standard InChI is InChI=1S/C11H14O3/c1-8(12)7-10(13)9-5-3-4-6-11(9)14-2/h3-6,10,13H,7H2,1-2H3. The Kier molecular flexibility index (Phi) is 3.65. The molecule has 0 fully saturated rings. The van der Waals surface area contributed by atoms with E-state index in [2.05, 4.69) is 0 Å². The summed E-state index contributed by atoms with van der Waals surface area (Å²) in [7, 11) is 1.54. The Hall–Kier alpha value is -1.35. The van der Waals surface area contributed by atoms with E-state index in [1.807, 2.05) is 6.07 Å². The van der Waals surface area contributed by atoms with Crippen LogP contribution in [0.5, 0.6) is 5.75 Å². The van der Waals surface area contributed by atoms with Gasteiger partial charge >= 0.3 is 0 Å². The minimum atomic E-state index is -0.774. The fourth-order valence-corrected chi connectivity index (χ4v) is 1.32. The second kappa shape index (κ2) is 4.77. The molecule has 0 saturated carbocycles. The first kappa shape index (κ1) is 10.7. The highest BCUT2D eigenvalue weighted by molar-refractivity contribution is 5.76. The van der Waals surface area contributed by atoms with Crippen LogP contribution < -0.4 is 4.74 Å². The smallest absolute Gasteiger partial charge is 0.132 e. The minimum Gasteiger partial charge on any atom is -0.496 e. The number of carbonyl (C=O) groups excluding carboxylic acids is 1. The highest BCUT2D eigenvalue weighted by Crippen LogP contribution is 2.26. The van der Waals surface area contributed by atoms with Crippen LogP contribution in [0, 0.1) is 0 Å². The van der Waals surface area contributed by atoms with Gasteiger partial charge in [0.25, 0.3) is 0 Å². The molecule has 14 heavy (non-hydrogen) atoms. The van der Waals surface area contributed by atoms with Crippen LogP contribution in [0.2, 0.25) is 0 Å². The van der Waals surface area contributed by atoms with Gasteiger partial charge in [-0.05, 0) is 13.0 Å². The van der Waals surface area contributed by atoms with Gasteiger partial charge in [0.2, 0.25) is 0 Å². The van der Waals surface area contributed by atoms with Gasteiger partial charge < -0.3 is 9.84 Å². The summed E-state index contributed by atoms with van der Waals surface area (Å²) < 4.78 is 5.08. The number of benzene rings is 1. The van der Waals surface area contributed by atoms with Gasteiger partial charge in [-0.25, -0.2) is 0 Å². The summed E-state index contributed by atoms with van der Waals surface area (Å²) in [6.07, 6.45) is -0.649. The highest BCUT2D eigenvalue weighted by atomic mass is 16.5. The molecule has 0 spiro atoms. The molecule has 0 aliphatic rings. The molecule has 0 aliphatic carbocycles. The van der Waals surface area contributed by atoms with Crippen molar-refractivity contribution in [3.8, 4) is 5.75 Å². The van der Waals surface area contributed by atoms with Crippen LogP contribution in [0.15, 0.2) is 24.3 Å². The number of para-hydroxylation sites is 1. The van der Waals surface area contributed by atoms with E-state index in [0.29, 0.717) is 11.3 Å². The molecule has 0 heterocycles. The van der Waals surface area contributed by atoms with Crippen molar-refractivity contribution in [3.05, 3.63) is 29.8 Å². The van der Waals surface area contributed by atoms with Gasteiger partial charge in [-0.15, -0.1) is 0 Å². The summed E-state index contributed by atoms with van der Waals surface area (Å²) in [6.45, 7) is 1.46. The number of hydrogen-bond donors (Lipinski definition) is 1. The largest absolute Gasteiger partial charge is 0.496 e. The maximum Gasteiger partial charge on any atom is 0.132 e. The van der Waals surface area contributed by atoms with E-state index in [-0.39, 0.29) is 12.2 Å². The summed E-state index contributed by atoms with van der Waals surface area (Å²) in [5.74, 6) is 0.574. The number of ketones is 1. The van der Waals surface area contributed by atoms with Crippen molar-refractivity contribution in [2.45, 2.75) is 19.4 Å². The Morgan fingerprint density at radius 2 is 2.14 bits per heavy atom. The molecule has 0 amide bonds. The molecule has 1 rings (SSSR count). The topological polar surface area (TPSA) is 46.5 Å². The quantitative estimate of drug-likeness (QED) is 0.793. The molecule has 1 aromatic rings. The average molecular weight is 194 g/mol. The summed E-state index contributed by atoms with van der Waals surface area (Å²) in [4.78, 5) is 10.8. The van der Waals surface area contributed by atoms with Crippen LogP contribution in [0.4, 0.5) is 0 Å². The first-order chi connectivity index (χ1) is 6.65. The molecule has 1 atom stereocenters. The third-order valence-electron chi connectivity index (χ3n) is 1.98. The lowest BCUT2D eigenvalue weighted by molar-refractivity contribution is -0.118. The van der Waals surface area contributed by atoms with Crippen LogP contribution in [0.3, 0.4) is 0 Å². The van der Waals surface area contributed by atoms with E-state index >= 15 is 0 Å². The normalized spacial score (nSPS) is 12.2. The number of rotatable bonds is 4. The van der Waals surface area contributed by atoms with Crippen LogP contribution in [-0.4, -0.2) is 18.0 Å². The predicted octanol–water partition coefficient (Wildman–Crippen LogP) is 1.71. The lowest BCUT2D eigenvalue weighted by Gasteiger charge is -2.12. The predicted molar refractivity (Wildman–Crippen MR) is 53.3 cm³/mol. The summed E-state index contributed by atoms with van der Waals surface area (Å²) in [5.41, 5.74) is 0.658. The molecule has 0 aromatic heterocycles. The average Bonchev–Trinajstić information content (AvgIpc) is 2.16. The monoisotopic (exact) mass is 194 g/mol. The third-order valence-corrected chi connectivity index (χ3v) is 1.98. The number of methoxy groups -OCH3 is 1. The number of carbonyl (C=O) groups is 1. The number of hydrogen-bond acceptors (Lipinski definition) is 3. The van der Waals surface area contributed by atoms with Crippen molar-refractivity contribution >= 4 is 5.78 Å². The number of Topliss-reactive ketones (excluding diaryl/α,β-unsaturated/α-hetero) is 1. The number of aliphatic hydroxyl groups is 1. The molecule has 0 saturated heterocycles. The van der Waals surface area contributed by atoms with Crippen molar-refractivity contribution in [2.24, 2.45) is 0 Å². The van der Waals surface area contributed by atoms with E-state index in [4.69, 9.17) is 4.74 Å². The number of ether oxygens (including phenoxy) is 1. The van der Waals surface area contributed by atoms with Crippen LogP contribution in [0.1, 0.15) is 25.0 Å². The van der Waals surface area contributed by atoms with E-state index in [0.717, 1.165) is 0 Å². The lowest BCUT2D eigenvalue weighted by atomic mass is 10.0. The van der Waals surface area contributed by atoms with Gasteiger partial charge in [0.05, 0.1) is 13.2 Å². The molecular formula is C11H14O3. The van der Waals surface area contributed by atoms with Gasteiger partial charge in [-0.2, -0.15) is 0 Å². The van der Waals surface area contributed by atoms with Crippen molar-refractivity contribution < 1.29 is 14.6 Å². The van der Waals surface area contributed by atoms with Gasteiger partial charge in [0.15, 0.2) is 0 Å². The molecule has 76 valence electrons.